The van der Waals surface area contributed by atoms with Gasteiger partial charge in [-0.2, -0.15) is 0 Å². The molecule has 0 radical (unpaired) electrons. The lowest BCUT2D eigenvalue weighted by Gasteiger charge is -2.37. The van der Waals surface area contributed by atoms with Crippen LogP contribution in [0.1, 0.15) is 55.2 Å². The number of methoxy groups -OCH3 is 2. The second-order valence-electron chi connectivity index (χ2n) is 10.6. The summed E-state index contributed by atoms with van der Waals surface area (Å²) in [5, 5.41) is 16.8. The third kappa shape index (κ3) is 5.57. The van der Waals surface area contributed by atoms with E-state index in [1.54, 1.807) is 32.4 Å². The van der Waals surface area contributed by atoms with Crippen molar-refractivity contribution in [3.05, 3.63) is 99.9 Å². The second kappa shape index (κ2) is 12.0. The van der Waals surface area contributed by atoms with Gasteiger partial charge in [0.15, 0.2) is 28.8 Å². The summed E-state index contributed by atoms with van der Waals surface area (Å²) in [7, 11) is 3.18. The summed E-state index contributed by atoms with van der Waals surface area (Å²) in [5.74, 6) is 0.449. The molecule has 8 heteroatoms. The molecule has 1 heterocycles. The molecule has 0 saturated carbocycles. The van der Waals surface area contributed by atoms with Crippen molar-refractivity contribution in [3.8, 4) is 23.0 Å². The van der Waals surface area contributed by atoms with Crippen molar-refractivity contribution in [1.82, 2.24) is 5.32 Å². The average molecular weight is 569 g/mol. The quantitative estimate of drug-likeness (QED) is 0.301. The molecule has 1 aliphatic carbocycles. The third-order valence-electron chi connectivity index (χ3n) is 7.88. The number of hydrogen-bond acceptors (Lipinski definition) is 7. The molecule has 0 bridgehead atoms. The van der Waals surface area contributed by atoms with Gasteiger partial charge in [-0.1, -0.05) is 29.8 Å². The topological polar surface area (TPSA) is 106 Å². The molecular formula is C34H36N2O6. The molecule has 3 aromatic rings. The van der Waals surface area contributed by atoms with E-state index in [1.165, 1.54) is 0 Å². The number of Topliss-reactive ketones (excluding diaryl/α,β-unsaturated/α-hetero) is 1. The summed E-state index contributed by atoms with van der Waals surface area (Å²) >= 11 is 0. The highest BCUT2D eigenvalue weighted by molar-refractivity contribution is 6.10. The summed E-state index contributed by atoms with van der Waals surface area (Å²) < 4.78 is 16.6. The van der Waals surface area contributed by atoms with E-state index in [0.29, 0.717) is 58.4 Å². The number of carbonyl (C=O) groups excluding carboxylic acids is 2. The minimum absolute atomic E-state index is 0.00131. The molecule has 3 N–H and O–H groups in total. The minimum Gasteiger partial charge on any atom is -0.504 e. The van der Waals surface area contributed by atoms with Gasteiger partial charge in [0.25, 0.3) is 5.91 Å². The fourth-order valence-electron chi connectivity index (χ4n) is 5.83. The molecule has 5 rings (SSSR count). The van der Waals surface area contributed by atoms with Gasteiger partial charge in [0.05, 0.1) is 20.8 Å². The molecule has 1 amide bonds. The number of nitrogens with one attached hydrogen (secondary N) is 2. The van der Waals surface area contributed by atoms with E-state index >= 15 is 0 Å². The van der Waals surface area contributed by atoms with Crippen LogP contribution in [0.2, 0.25) is 0 Å². The van der Waals surface area contributed by atoms with E-state index in [1.807, 2.05) is 63.2 Å². The van der Waals surface area contributed by atoms with Crippen molar-refractivity contribution in [1.29, 1.82) is 0 Å². The van der Waals surface area contributed by atoms with Gasteiger partial charge in [-0.15, -0.1) is 0 Å². The molecule has 0 fully saturated rings. The van der Waals surface area contributed by atoms with Gasteiger partial charge in [0.2, 0.25) is 0 Å². The molecule has 42 heavy (non-hydrogen) atoms. The SMILES string of the molecule is CCOc1cc([C@@H]2C(C(=O)Nc3ccc(C)cc3)=C(C)NC3=C2C(=O)C[C@@H](c2ccc(OC)c(OC)c2)C3)ccc1O. The van der Waals surface area contributed by atoms with Gasteiger partial charge in [0.1, 0.15) is 0 Å². The number of amides is 1. The number of anilines is 1. The standard InChI is InChI=1S/C34H36N2O6/c1-6-42-29-18-22(9-13-26(29)37)32-31(34(39)36-24-11-7-19(2)8-12-24)20(3)35-25-15-23(16-27(38)33(25)32)21-10-14-28(40-4)30(17-21)41-5/h7-14,17-18,23,32,35,37H,6,15-16H2,1-5H3,(H,36,39)/t23-,32+/m0/s1. The van der Waals surface area contributed by atoms with Crippen LogP contribution in [0, 0.1) is 6.92 Å². The Bertz CT molecular complexity index is 1590. The van der Waals surface area contributed by atoms with Crippen LogP contribution in [0.3, 0.4) is 0 Å². The second-order valence-corrected chi connectivity index (χ2v) is 10.6. The molecule has 0 saturated heterocycles. The number of carbonyl (C=O) groups is 2. The maximum Gasteiger partial charge on any atom is 0.254 e. The molecule has 0 unspecified atom stereocenters. The number of dihydropyridines is 1. The van der Waals surface area contributed by atoms with Gasteiger partial charge in [-0.25, -0.2) is 0 Å². The number of rotatable bonds is 8. The Labute approximate surface area is 246 Å². The number of allylic oxidation sites excluding steroid dienone is 3. The van der Waals surface area contributed by atoms with Crippen LogP contribution in [0.25, 0.3) is 0 Å². The molecule has 1 aliphatic heterocycles. The first-order chi connectivity index (χ1) is 20.2. The number of benzene rings is 3. The van der Waals surface area contributed by atoms with Crippen molar-refractivity contribution in [2.45, 2.75) is 45.4 Å². The van der Waals surface area contributed by atoms with E-state index in [0.717, 1.165) is 16.8 Å². The summed E-state index contributed by atoms with van der Waals surface area (Å²) in [6, 6.07) is 18.3. The fourth-order valence-corrected chi connectivity index (χ4v) is 5.83. The summed E-state index contributed by atoms with van der Waals surface area (Å²) in [5.41, 5.74) is 5.85. The van der Waals surface area contributed by atoms with Gasteiger partial charge >= 0.3 is 0 Å². The maximum absolute atomic E-state index is 14.0. The summed E-state index contributed by atoms with van der Waals surface area (Å²) in [6.07, 6.45) is 0.850. The Morgan fingerprint density at radius 1 is 0.929 bits per heavy atom. The Balaban J connectivity index is 1.57. The van der Waals surface area contributed by atoms with Gasteiger partial charge < -0.3 is 30.0 Å². The predicted molar refractivity (Wildman–Crippen MR) is 161 cm³/mol. The lowest BCUT2D eigenvalue weighted by Crippen LogP contribution is -2.37. The largest absolute Gasteiger partial charge is 0.504 e. The summed E-state index contributed by atoms with van der Waals surface area (Å²) in [6.45, 7) is 6.03. The predicted octanol–water partition coefficient (Wildman–Crippen LogP) is 6.12. The third-order valence-corrected chi connectivity index (χ3v) is 7.88. The monoisotopic (exact) mass is 568 g/mol. The number of aryl methyl sites for hydroxylation is 1. The Kier molecular flexibility index (Phi) is 8.24. The minimum atomic E-state index is -0.648. The molecule has 218 valence electrons. The molecule has 3 aromatic carbocycles. The smallest absolute Gasteiger partial charge is 0.254 e. The van der Waals surface area contributed by atoms with Crippen molar-refractivity contribution in [2.75, 3.05) is 26.1 Å². The maximum atomic E-state index is 14.0. The zero-order valence-electron chi connectivity index (χ0n) is 24.5. The van der Waals surface area contributed by atoms with E-state index in [2.05, 4.69) is 10.6 Å². The Morgan fingerprint density at radius 3 is 2.31 bits per heavy atom. The number of ketones is 1. The fraction of sp³-hybridized carbons (Fsp3) is 0.294. The number of hydrogen-bond donors (Lipinski definition) is 3. The van der Waals surface area contributed by atoms with E-state index < -0.39 is 5.92 Å². The first kappa shape index (κ1) is 28.8. The number of phenolic OH excluding ortho intramolecular Hbond substituents is 1. The highest BCUT2D eigenvalue weighted by Gasteiger charge is 2.41. The Hall–Kier alpha value is -4.72. The van der Waals surface area contributed by atoms with Crippen molar-refractivity contribution in [3.63, 3.8) is 0 Å². The lowest BCUT2D eigenvalue weighted by atomic mass is 9.71. The first-order valence-corrected chi connectivity index (χ1v) is 14.0. The van der Waals surface area contributed by atoms with Crippen LogP contribution in [-0.4, -0.2) is 37.6 Å². The molecule has 0 spiro atoms. The normalized spacial score (nSPS) is 18.3. The van der Waals surface area contributed by atoms with Crippen LogP contribution >= 0.6 is 0 Å². The molecule has 8 nitrogen and oxygen atoms in total. The van der Waals surface area contributed by atoms with Crippen LogP contribution in [0.4, 0.5) is 5.69 Å². The number of aromatic hydroxyl groups is 1. The van der Waals surface area contributed by atoms with Crippen molar-refractivity contribution in [2.24, 2.45) is 0 Å². The van der Waals surface area contributed by atoms with Crippen LogP contribution in [-0.2, 0) is 9.59 Å². The van der Waals surface area contributed by atoms with Crippen LogP contribution in [0.5, 0.6) is 23.0 Å². The highest BCUT2D eigenvalue weighted by Crippen LogP contribution is 2.47. The zero-order chi connectivity index (χ0) is 30.0. The van der Waals surface area contributed by atoms with Gasteiger partial charge in [-0.05, 0) is 80.6 Å². The number of ether oxygens (including phenoxy) is 3. The van der Waals surface area contributed by atoms with Crippen molar-refractivity contribution < 1.29 is 28.9 Å². The number of phenols is 1. The molecule has 2 atom stereocenters. The van der Waals surface area contributed by atoms with Crippen molar-refractivity contribution >= 4 is 17.4 Å². The molecular weight excluding hydrogens is 532 g/mol. The van der Waals surface area contributed by atoms with Crippen LogP contribution in [0.15, 0.2) is 83.2 Å². The first-order valence-electron chi connectivity index (χ1n) is 14.0. The highest BCUT2D eigenvalue weighted by atomic mass is 16.5. The van der Waals surface area contributed by atoms with Crippen LogP contribution < -0.4 is 24.8 Å². The van der Waals surface area contributed by atoms with E-state index in [-0.39, 0.29) is 29.8 Å². The molecule has 0 aromatic heterocycles. The van der Waals surface area contributed by atoms with E-state index in [4.69, 9.17) is 14.2 Å². The van der Waals surface area contributed by atoms with Gasteiger partial charge in [-0.3, -0.25) is 9.59 Å². The average Bonchev–Trinajstić information content (AvgIpc) is 2.98. The Morgan fingerprint density at radius 2 is 1.62 bits per heavy atom. The van der Waals surface area contributed by atoms with E-state index in [9.17, 15) is 14.7 Å². The zero-order valence-corrected chi connectivity index (χ0v) is 24.5. The van der Waals surface area contributed by atoms with Gasteiger partial charge in [0, 0.05) is 40.6 Å². The lowest BCUT2D eigenvalue weighted by molar-refractivity contribution is -0.116. The summed E-state index contributed by atoms with van der Waals surface area (Å²) in [4.78, 5) is 27.9. The molecule has 2 aliphatic rings.